The van der Waals surface area contributed by atoms with Crippen molar-refractivity contribution in [2.45, 2.75) is 26.6 Å². The molecule has 3 nitrogen and oxygen atoms in total. The molecule has 0 aliphatic carbocycles. The Morgan fingerprint density at radius 2 is 0.973 bits per heavy atom. The summed E-state index contributed by atoms with van der Waals surface area (Å²) >= 11 is 0. The first-order valence-electron chi connectivity index (χ1n) is 12.8. The number of aryl methyl sites for hydroxylation is 1. The third-order valence-corrected chi connectivity index (χ3v) is 6.58. The van der Waals surface area contributed by atoms with Crippen molar-refractivity contribution in [1.82, 2.24) is 5.43 Å². The molecular formula is C34H33N3. The molecule has 1 N–H and O–H groups in total. The number of hydrogen-bond donors (Lipinski definition) is 1. The smallest absolute Gasteiger partial charge is 0.0577 e. The minimum atomic E-state index is 0.729. The zero-order valence-electron chi connectivity index (χ0n) is 21.3. The molecule has 0 aromatic heterocycles. The number of hydrogen-bond acceptors (Lipinski definition) is 3. The summed E-state index contributed by atoms with van der Waals surface area (Å²) in [6.07, 6.45) is 0. The van der Waals surface area contributed by atoms with Gasteiger partial charge in [0.15, 0.2) is 0 Å². The van der Waals surface area contributed by atoms with E-state index < -0.39 is 0 Å². The molecular weight excluding hydrogens is 450 g/mol. The van der Waals surface area contributed by atoms with Crippen molar-refractivity contribution < 1.29 is 0 Å². The molecule has 0 bridgehead atoms. The summed E-state index contributed by atoms with van der Waals surface area (Å²) in [6, 6.07) is 49.1. The average molecular weight is 484 g/mol. The molecule has 3 heteroatoms. The Morgan fingerprint density at radius 1 is 0.514 bits per heavy atom. The quantitative estimate of drug-likeness (QED) is 0.203. The van der Waals surface area contributed by atoms with Gasteiger partial charge in [-0.25, -0.2) is 5.43 Å². The Hall–Kier alpha value is -4.34. The van der Waals surface area contributed by atoms with Gasteiger partial charge in [0.25, 0.3) is 0 Å². The van der Waals surface area contributed by atoms with Crippen LogP contribution in [-0.4, -0.2) is 0 Å². The van der Waals surface area contributed by atoms with Crippen LogP contribution >= 0.6 is 0 Å². The average Bonchev–Trinajstić information content (AvgIpc) is 2.96. The molecule has 184 valence electrons. The predicted octanol–water partition coefficient (Wildman–Crippen LogP) is 8.04. The first-order valence-corrected chi connectivity index (χ1v) is 12.8. The van der Waals surface area contributed by atoms with Crippen molar-refractivity contribution in [2.75, 3.05) is 9.91 Å². The summed E-state index contributed by atoms with van der Waals surface area (Å²) < 4.78 is 0. The SMILES string of the molecule is Cc1cc(N(Cc2ccccc2)Cc2ccccc2)ccc1CNN(c1ccccc1)c1ccccc1. The van der Waals surface area contributed by atoms with Crippen molar-refractivity contribution in [1.29, 1.82) is 0 Å². The standard InChI is InChI=1S/C34H33N3/c1-28-24-34(36(26-29-14-6-2-7-15-29)27-30-16-8-3-9-17-30)23-22-31(28)25-35-37(32-18-10-4-11-19-32)33-20-12-5-13-21-33/h2-24,35H,25-27H2,1H3. The maximum Gasteiger partial charge on any atom is 0.0577 e. The lowest BCUT2D eigenvalue weighted by atomic mass is 10.1. The number of hydrazine groups is 1. The monoisotopic (exact) mass is 483 g/mol. The fourth-order valence-corrected chi connectivity index (χ4v) is 4.57. The minimum Gasteiger partial charge on any atom is -0.363 e. The second kappa shape index (κ2) is 12.1. The van der Waals surface area contributed by atoms with Crippen LogP contribution in [0.15, 0.2) is 140 Å². The van der Waals surface area contributed by atoms with E-state index in [2.05, 4.69) is 150 Å². The number of nitrogens with zero attached hydrogens (tertiary/aromatic N) is 2. The van der Waals surface area contributed by atoms with Crippen LogP contribution in [-0.2, 0) is 19.6 Å². The third-order valence-electron chi connectivity index (χ3n) is 6.58. The van der Waals surface area contributed by atoms with E-state index in [0.717, 1.165) is 31.0 Å². The molecule has 0 amide bonds. The van der Waals surface area contributed by atoms with Crippen LogP contribution in [0.25, 0.3) is 0 Å². The largest absolute Gasteiger partial charge is 0.363 e. The van der Waals surface area contributed by atoms with Crippen molar-refractivity contribution in [3.63, 3.8) is 0 Å². The third kappa shape index (κ3) is 6.46. The first-order chi connectivity index (χ1) is 18.3. The fourth-order valence-electron chi connectivity index (χ4n) is 4.57. The molecule has 0 atom stereocenters. The maximum absolute atomic E-state index is 3.66. The molecule has 0 radical (unpaired) electrons. The molecule has 0 fully saturated rings. The number of para-hydroxylation sites is 2. The Kier molecular flexibility index (Phi) is 7.94. The Morgan fingerprint density at radius 3 is 1.43 bits per heavy atom. The Labute approximate surface area is 220 Å². The van der Waals surface area contributed by atoms with Gasteiger partial charge in [0.1, 0.15) is 0 Å². The van der Waals surface area contributed by atoms with Gasteiger partial charge in [-0.15, -0.1) is 0 Å². The highest BCUT2D eigenvalue weighted by atomic mass is 15.5. The zero-order valence-corrected chi connectivity index (χ0v) is 21.3. The molecule has 0 heterocycles. The fraction of sp³-hybridized carbons (Fsp3) is 0.118. The van der Waals surface area contributed by atoms with Gasteiger partial charge in [-0.1, -0.05) is 103 Å². The number of anilines is 3. The lowest BCUT2D eigenvalue weighted by Gasteiger charge is -2.28. The van der Waals surface area contributed by atoms with Crippen LogP contribution in [0, 0.1) is 6.92 Å². The molecule has 37 heavy (non-hydrogen) atoms. The molecule has 0 aliphatic rings. The molecule has 0 spiro atoms. The molecule has 5 aromatic carbocycles. The summed E-state index contributed by atoms with van der Waals surface area (Å²) in [4.78, 5) is 2.45. The van der Waals surface area contributed by atoms with E-state index in [9.17, 15) is 0 Å². The second-order valence-corrected chi connectivity index (χ2v) is 9.28. The van der Waals surface area contributed by atoms with Gasteiger partial charge in [-0.2, -0.15) is 0 Å². The summed E-state index contributed by atoms with van der Waals surface area (Å²) in [6.45, 7) is 4.66. The van der Waals surface area contributed by atoms with E-state index in [4.69, 9.17) is 0 Å². The highest BCUT2D eigenvalue weighted by molar-refractivity contribution is 5.61. The van der Waals surface area contributed by atoms with Gasteiger partial charge in [0, 0.05) is 25.3 Å². The van der Waals surface area contributed by atoms with Crippen LogP contribution < -0.4 is 15.3 Å². The van der Waals surface area contributed by atoms with Gasteiger partial charge in [0.05, 0.1) is 11.4 Å². The Balaban J connectivity index is 1.36. The molecule has 0 saturated carbocycles. The number of benzene rings is 5. The summed E-state index contributed by atoms with van der Waals surface area (Å²) in [7, 11) is 0. The van der Waals surface area contributed by atoms with Crippen LogP contribution in [0.1, 0.15) is 22.3 Å². The first kappa shape index (κ1) is 24.4. The molecule has 0 saturated heterocycles. The number of nitrogens with one attached hydrogen (secondary N) is 1. The minimum absolute atomic E-state index is 0.729. The van der Waals surface area contributed by atoms with E-state index in [1.807, 2.05) is 12.1 Å². The second-order valence-electron chi connectivity index (χ2n) is 9.28. The van der Waals surface area contributed by atoms with Crippen LogP contribution in [0.4, 0.5) is 17.1 Å². The van der Waals surface area contributed by atoms with Gasteiger partial charge < -0.3 is 4.90 Å². The number of rotatable bonds is 10. The van der Waals surface area contributed by atoms with Crippen LogP contribution in [0.2, 0.25) is 0 Å². The van der Waals surface area contributed by atoms with Gasteiger partial charge in [-0.05, 0) is 65.6 Å². The van der Waals surface area contributed by atoms with Crippen molar-refractivity contribution in [3.05, 3.63) is 162 Å². The van der Waals surface area contributed by atoms with E-state index >= 15 is 0 Å². The van der Waals surface area contributed by atoms with Crippen LogP contribution in [0.5, 0.6) is 0 Å². The molecule has 0 aliphatic heterocycles. The van der Waals surface area contributed by atoms with Gasteiger partial charge in [0.2, 0.25) is 0 Å². The zero-order chi connectivity index (χ0) is 25.3. The van der Waals surface area contributed by atoms with E-state index in [0.29, 0.717) is 0 Å². The highest BCUT2D eigenvalue weighted by Crippen LogP contribution is 2.26. The summed E-state index contributed by atoms with van der Waals surface area (Å²) in [5, 5.41) is 2.16. The lowest BCUT2D eigenvalue weighted by Crippen LogP contribution is -2.33. The van der Waals surface area contributed by atoms with E-state index in [1.54, 1.807) is 0 Å². The molecule has 5 rings (SSSR count). The van der Waals surface area contributed by atoms with Crippen molar-refractivity contribution in [2.24, 2.45) is 0 Å². The summed E-state index contributed by atoms with van der Waals surface area (Å²) in [5.41, 5.74) is 12.3. The highest BCUT2D eigenvalue weighted by Gasteiger charge is 2.13. The van der Waals surface area contributed by atoms with E-state index in [-0.39, 0.29) is 0 Å². The van der Waals surface area contributed by atoms with E-state index in [1.165, 1.54) is 27.9 Å². The normalized spacial score (nSPS) is 10.7. The van der Waals surface area contributed by atoms with Crippen molar-refractivity contribution in [3.8, 4) is 0 Å². The summed E-state index contributed by atoms with van der Waals surface area (Å²) in [5.74, 6) is 0. The maximum atomic E-state index is 3.66. The molecule has 0 unspecified atom stereocenters. The topological polar surface area (TPSA) is 18.5 Å². The van der Waals surface area contributed by atoms with Crippen LogP contribution in [0.3, 0.4) is 0 Å². The van der Waals surface area contributed by atoms with Gasteiger partial charge in [-0.3, -0.25) is 5.01 Å². The molecule has 5 aromatic rings. The Bertz CT molecular complexity index is 1290. The van der Waals surface area contributed by atoms with Crippen molar-refractivity contribution >= 4 is 17.1 Å². The lowest BCUT2D eigenvalue weighted by molar-refractivity contribution is 0.704. The van der Waals surface area contributed by atoms with Gasteiger partial charge >= 0.3 is 0 Å². The predicted molar refractivity (Wildman–Crippen MR) is 156 cm³/mol.